The molecule has 0 bridgehead atoms. The fourth-order valence-electron chi connectivity index (χ4n) is 3.78. The first-order chi connectivity index (χ1) is 14.2. The van der Waals surface area contributed by atoms with Gasteiger partial charge in [-0.3, -0.25) is 4.79 Å². The van der Waals surface area contributed by atoms with E-state index in [9.17, 15) is 4.79 Å². The Balaban J connectivity index is 1.45. The number of para-hydroxylation sites is 1. The summed E-state index contributed by atoms with van der Waals surface area (Å²) >= 11 is 0. The van der Waals surface area contributed by atoms with Gasteiger partial charge in [-0.1, -0.05) is 18.2 Å². The normalized spacial score (nSPS) is 16.6. The molecular formula is C23H26N4O2. The van der Waals surface area contributed by atoms with Gasteiger partial charge in [0.2, 0.25) is 0 Å². The molecule has 2 heterocycles. The summed E-state index contributed by atoms with van der Waals surface area (Å²) in [4.78, 5) is 15.1. The molecule has 1 saturated heterocycles. The molecule has 3 aromatic rings. The molecule has 1 fully saturated rings. The number of carbonyl (C=O) groups is 1. The van der Waals surface area contributed by atoms with Crippen LogP contribution in [0.3, 0.4) is 0 Å². The minimum Gasteiger partial charge on any atom is -0.380 e. The maximum atomic E-state index is 12.8. The van der Waals surface area contributed by atoms with E-state index >= 15 is 0 Å². The van der Waals surface area contributed by atoms with Gasteiger partial charge >= 0.3 is 0 Å². The quantitative estimate of drug-likeness (QED) is 0.714. The van der Waals surface area contributed by atoms with E-state index < -0.39 is 0 Å². The molecule has 1 N–H and O–H groups in total. The zero-order valence-electron chi connectivity index (χ0n) is 16.8. The van der Waals surface area contributed by atoms with Crippen molar-refractivity contribution in [1.29, 1.82) is 0 Å². The molecule has 29 heavy (non-hydrogen) atoms. The number of carbonyl (C=O) groups excluding carboxylic acids is 1. The fourth-order valence-corrected chi connectivity index (χ4v) is 3.78. The van der Waals surface area contributed by atoms with Crippen LogP contribution in [0.2, 0.25) is 0 Å². The SMILES string of the molecule is COC1CCCN(c2ccc(NC(=O)c3cnn(-c4ccccc4)c3C)cc2)C1. The van der Waals surface area contributed by atoms with Crippen LogP contribution in [0.25, 0.3) is 5.69 Å². The molecule has 0 aliphatic carbocycles. The van der Waals surface area contributed by atoms with Gasteiger partial charge in [-0.05, 0) is 56.2 Å². The average molecular weight is 390 g/mol. The molecule has 0 radical (unpaired) electrons. The van der Waals surface area contributed by atoms with Crippen LogP contribution in [0.5, 0.6) is 0 Å². The van der Waals surface area contributed by atoms with Gasteiger partial charge in [0, 0.05) is 31.6 Å². The lowest BCUT2D eigenvalue weighted by molar-refractivity contribution is 0.0893. The molecular weight excluding hydrogens is 364 g/mol. The Labute approximate surface area is 171 Å². The molecule has 6 heteroatoms. The summed E-state index contributed by atoms with van der Waals surface area (Å²) in [5.74, 6) is -0.158. The van der Waals surface area contributed by atoms with Crippen LogP contribution < -0.4 is 10.2 Å². The van der Waals surface area contributed by atoms with Crippen molar-refractivity contribution in [3.05, 3.63) is 72.1 Å². The maximum absolute atomic E-state index is 12.8. The van der Waals surface area contributed by atoms with Gasteiger partial charge in [-0.15, -0.1) is 0 Å². The zero-order chi connectivity index (χ0) is 20.2. The fraction of sp³-hybridized carbons (Fsp3) is 0.304. The number of aromatic nitrogens is 2. The Morgan fingerprint density at radius 2 is 1.86 bits per heavy atom. The summed E-state index contributed by atoms with van der Waals surface area (Å²) in [6, 6.07) is 17.8. The van der Waals surface area contributed by atoms with Gasteiger partial charge < -0.3 is 15.0 Å². The first-order valence-electron chi connectivity index (χ1n) is 9.95. The molecule has 1 atom stereocenters. The van der Waals surface area contributed by atoms with Crippen molar-refractivity contribution in [2.75, 3.05) is 30.4 Å². The number of nitrogens with one attached hydrogen (secondary N) is 1. The third kappa shape index (κ3) is 4.17. The van der Waals surface area contributed by atoms with Crippen molar-refractivity contribution in [1.82, 2.24) is 9.78 Å². The van der Waals surface area contributed by atoms with Gasteiger partial charge in [0.1, 0.15) is 0 Å². The number of piperidine rings is 1. The van der Waals surface area contributed by atoms with E-state index in [4.69, 9.17) is 4.74 Å². The summed E-state index contributed by atoms with van der Waals surface area (Å²) in [6.07, 6.45) is 4.14. The summed E-state index contributed by atoms with van der Waals surface area (Å²) in [7, 11) is 1.77. The van der Waals surface area contributed by atoms with Gasteiger partial charge in [-0.25, -0.2) is 4.68 Å². The molecule has 2 aromatic carbocycles. The summed E-state index contributed by atoms with van der Waals surface area (Å²) < 4.78 is 7.29. The predicted octanol–water partition coefficient (Wildman–Crippen LogP) is 4.05. The van der Waals surface area contributed by atoms with Crippen LogP contribution in [-0.4, -0.2) is 42.0 Å². The van der Waals surface area contributed by atoms with Crippen LogP contribution >= 0.6 is 0 Å². The van der Waals surface area contributed by atoms with E-state index in [1.807, 2.05) is 61.5 Å². The number of benzene rings is 2. The molecule has 150 valence electrons. The van der Waals surface area contributed by atoms with Crippen molar-refractivity contribution in [3.63, 3.8) is 0 Å². The number of nitrogens with zero attached hydrogens (tertiary/aromatic N) is 3. The topological polar surface area (TPSA) is 59.4 Å². The minimum atomic E-state index is -0.158. The van der Waals surface area contributed by atoms with Gasteiger partial charge in [0.05, 0.1) is 29.2 Å². The molecule has 4 rings (SSSR count). The standard InChI is InChI=1S/C23H26N4O2/c1-17-22(15-24-27(17)20-7-4-3-5-8-20)23(28)25-18-10-12-19(13-11-18)26-14-6-9-21(16-26)29-2/h3-5,7-8,10-13,15,21H,6,9,14,16H2,1-2H3,(H,25,28). The van der Waals surface area contributed by atoms with Crippen molar-refractivity contribution in [3.8, 4) is 5.69 Å². The van der Waals surface area contributed by atoms with E-state index in [0.29, 0.717) is 5.56 Å². The monoisotopic (exact) mass is 390 g/mol. The predicted molar refractivity (Wildman–Crippen MR) is 115 cm³/mol. The molecule has 1 unspecified atom stereocenters. The average Bonchev–Trinajstić information content (AvgIpc) is 3.16. The number of ether oxygens (including phenoxy) is 1. The second-order valence-corrected chi connectivity index (χ2v) is 7.34. The van der Waals surface area contributed by atoms with Crippen molar-refractivity contribution >= 4 is 17.3 Å². The highest BCUT2D eigenvalue weighted by Gasteiger charge is 2.20. The third-order valence-corrected chi connectivity index (χ3v) is 5.46. The highest BCUT2D eigenvalue weighted by atomic mass is 16.5. The largest absolute Gasteiger partial charge is 0.380 e. The summed E-state index contributed by atoms with van der Waals surface area (Å²) in [6.45, 7) is 3.84. The Bertz CT molecular complexity index is 966. The maximum Gasteiger partial charge on any atom is 0.259 e. The van der Waals surface area contributed by atoms with E-state index in [2.05, 4.69) is 15.3 Å². The van der Waals surface area contributed by atoms with Gasteiger partial charge in [0.15, 0.2) is 0 Å². The van der Waals surface area contributed by atoms with Crippen LogP contribution in [-0.2, 0) is 4.74 Å². The number of rotatable bonds is 5. The first kappa shape index (κ1) is 19.2. The Kier molecular flexibility index (Phi) is 5.62. The number of amides is 1. The number of anilines is 2. The van der Waals surface area contributed by atoms with E-state index in [-0.39, 0.29) is 12.0 Å². The van der Waals surface area contributed by atoms with Crippen LogP contribution in [0.1, 0.15) is 28.9 Å². The minimum absolute atomic E-state index is 0.158. The van der Waals surface area contributed by atoms with Crippen LogP contribution in [0.15, 0.2) is 60.8 Å². The highest BCUT2D eigenvalue weighted by molar-refractivity contribution is 6.05. The van der Waals surface area contributed by atoms with Crippen LogP contribution in [0.4, 0.5) is 11.4 Å². The van der Waals surface area contributed by atoms with Gasteiger partial charge in [0.25, 0.3) is 5.91 Å². The van der Waals surface area contributed by atoms with Crippen molar-refractivity contribution in [2.45, 2.75) is 25.9 Å². The molecule has 1 amide bonds. The smallest absolute Gasteiger partial charge is 0.259 e. The van der Waals surface area contributed by atoms with Crippen molar-refractivity contribution in [2.24, 2.45) is 0 Å². The highest BCUT2D eigenvalue weighted by Crippen LogP contribution is 2.23. The lowest BCUT2D eigenvalue weighted by Gasteiger charge is -2.33. The first-order valence-corrected chi connectivity index (χ1v) is 9.95. The summed E-state index contributed by atoms with van der Waals surface area (Å²) in [5.41, 5.74) is 4.23. The Morgan fingerprint density at radius 3 is 2.59 bits per heavy atom. The second-order valence-electron chi connectivity index (χ2n) is 7.34. The Morgan fingerprint density at radius 1 is 1.10 bits per heavy atom. The Hall–Kier alpha value is -3.12. The number of hydrogen-bond donors (Lipinski definition) is 1. The molecule has 6 nitrogen and oxygen atoms in total. The second kappa shape index (κ2) is 8.49. The molecule has 1 aromatic heterocycles. The van der Waals surface area contributed by atoms with Crippen LogP contribution in [0, 0.1) is 6.92 Å². The van der Waals surface area contributed by atoms with Gasteiger partial charge in [-0.2, -0.15) is 5.10 Å². The molecule has 1 aliphatic heterocycles. The third-order valence-electron chi connectivity index (χ3n) is 5.46. The molecule has 0 saturated carbocycles. The molecule has 1 aliphatic rings. The van der Waals surface area contributed by atoms with Crippen molar-refractivity contribution < 1.29 is 9.53 Å². The summed E-state index contributed by atoms with van der Waals surface area (Å²) in [5, 5.41) is 7.35. The van der Waals surface area contributed by atoms with E-state index in [1.165, 1.54) is 0 Å². The number of methoxy groups -OCH3 is 1. The lowest BCUT2D eigenvalue weighted by Crippen LogP contribution is -2.39. The zero-order valence-corrected chi connectivity index (χ0v) is 16.8. The lowest BCUT2D eigenvalue weighted by atomic mass is 10.1. The van der Waals surface area contributed by atoms with E-state index in [0.717, 1.165) is 48.7 Å². The number of hydrogen-bond acceptors (Lipinski definition) is 4. The molecule has 0 spiro atoms. The van der Waals surface area contributed by atoms with E-state index in [1.54, 1.807) is 18.0 Å².